The van der Waals surface area contributed by atoms with E-state index < -0.39 is 0 Å². The van der Waals surface area contributed by atoms with E-state index in [0.29, 0.717) is 24.0 Å². The molecule has 1 aromatic heterocycles. The van der Waals surface area contributed by atoms with Crippen LogP contribution in [0.3, 0.4) is 0 Å². The number of pyridine rings is 1. The Hall–Kier alpha value is -1.58. The molecule has 4 heteroatoms. The van der Waals surface area contributed by atoms with Crippen molar-refractivity contribution in [2.75, 3.05) is 13.2 Å². The van der Waals surface area contributed by atoms with Crippen molar-refractivity contribution in [3.05, 3.63) is 23.9 Å². The number of nitrogens with zero attached hydrogens (tertiary/aromatic N) is 1. The minimum absolute atomic E-state index is 0.100. The van der Waals surface area contributed by atoms with Crippen molar-refractivity contribution in [3.8, 4) is 5.88 Å². The lowest BCUT2D eigenvalue weighted by Gasteiger charge is -2.16. The summed E-state index contributed by atoms with van der Waals surface area (Å²) in [6.45, 7) is 7.47. The molecule has 1 N–H and O–H groups in total. The predicted octanol–water partition coefficient (Wildman–Crippen LogP) is 3.43. The molecule has 0 aromatic carbocycles. The van der Waals surface area contributed by atoms with E-state index in [0.717, 1.165) is 13.0 Å². The highest BCUT2D eigenvalue weighted by Gasteiger charge is 2.14. The summed E-state index contributed by atoms with van der Waals surface area (Å²) in [5.74, 6) is 0.858. The summed E-state index contributed by atoms with van der Waals surface area (Å²) in [5, 5.41) is 3.00. The molecule has 1 heterocycles. The first-order chi connectivity index (χ1) is 9.72. The van der Waals surface area contributed by atoms with Gasteiger partial charge in [-0.25, -0.2) is 4.98 Å². The topological polar surface area (TPSA) is 51.2 Å². The van der Waals surface area contributed by atoms with Crippen LogP contribution >= 0.6 is 0 Å². The van der Waals surface area contributed by atoms with Gasteiger partial charge in [0.25, 0.3) is 5.91 Å². The molecule has 1 atom stereocenters. The maximum atomic E-state index is 12.2. The summed E-state index contributed by atoms with van der Waals surface area (Å²) >= 11 is 0. The average Bonchev–Trinajstić information content (AvgIpc) is 2.48. The molecule has 1 rings (SSSR count). The number of unbranched alkanes of at least 4 members (excludes halogenated alkanes) is 1. The van der Waals surface area contributed by atoms with Gasteiger partial charge in [-0.15, -0.1) is 0 Å². The molecule has 4 nitrogen and oxygen atoms in total. The Balaban J connectivity index is 2.57. The van der Waals surface area contributed by atoms with Gasteiger partial charge in [-0.1, -0.05) is 33.1 Å². The maximum absolute atomic E-state index is 12.2. The van der Waals surface area contributed by atoms with Crippen LogP contribution in [0.4, 0.5) is 0 Å². The first-order valence-electron chi connectivity index (χ1n) is 7.58. The number of amides is 1. The highest BCUT2D eigenvalue weighted by atomic mass is 16.5. The number of nitrogens with one attached hydrogen (secondary N) is 1. The Morgan fingerprint density at radius 2 is 2.20 bits per heavy atom. The second kappa shape index (κ2) is 9.34. The Bertz CT molecular complexity index is 407. The highest BCUT2D eigenvalue weighted by Crippen LogP contribution is 2.15. The molecule has 0 aliphatic rings. The normalized spacial score (nSPS) is 11.9. The summed E-state index contributed by atoms with van der Waals surface area (Å²) in [6, 6.07) is 3.51. The lowest BCUT2D eigenvalue weighted by molar-refractivity contribution is 0.0941. The summed E-state index contributed by atoms with van der Waals surface area (Å²) in [6.07, 6.45) is 6.30. The quantitative estimate of drug-likeness (QED) is 0.753. The standard InChI is InChI=1S/C16H26N2O2/c1-4-7-9-13(5-2)12-18-15(19)14-10-8-11-17-16(14)20-6-3/h8,10-11,13H,4-7,9,12H2,1-3H3,(H,18,19). The number of carbonyl (C=O) groups is 1. The third-order valence-corrected chi connectivity index (χ3v) is 3.39. The minimum Gasteiger partial charge on any atom is -0.477 e. The van der Waals surface area contributed by atoms with Gasteiger partial charge in [-0.05, 0) is 31.4 Å². The van der Waals surface area contributed by atoms with Crippen LogP contribution in [-0.2, 0) is 0 Å². The monoisotopic (exact) mass is 278 g/mol. The molecule has 1 amide bonds. The van der Waals surface area contributed by atoms with Crippen LogP contribution in [0.1, 0.15) is 56.8 Å². The molecular weight excluding hydrogens is 252 g/mol. The van der Waals surface area contributed by atoms with Gasteiger partial charge in [0.1, 0.15) is 5.56 Å². The van der Waals surface area contributed by atoms with Gasteiger partial charge in [-0.3, -0.25) is 4.79 Å². The van der Waals surface area contributed by atoms with E-state index in [1.54, 1.807) is 18.3 Å². The zero-order valence-electron chi connectivity index (χ0n) is 12.8. The molecular formula is C16H26N2O2. The molecule has 0 radical (unpaired) electrons. The van der Waals surface area contributed by atoms with Crippen molar-refractivity contribution in [2.45, 2.75) is 46.5 Å². The van der Waals surface area contributed by atoms with Crippen LogP contribution in [-0.4, -0.2) is 24.0 Å². The third kappa shape index (κ3) is 5.19. The van der Waals surface area contributed by atoms with Gasteiger partial charge in [-0.2, -0.15) is 0 Å². The van der Waals surface area contributed by atoms with Crippen LogP contribution in [0.15, 0.2) is 18.3 Å². The van der Waals surface area contributed by atoms with Crippen molar-refractivity contribution in [2.24, 2.45) is 5.92 Å². The second-order valence-corrected chi connectivity index (χ2v) is 4.92. The zero-order chi connectivity index (χ0) is 14.8. The van der Waals surface area contributed by atoms with Crippen molar-refractivity contribution in [1.29, 1.82) is 0 Å². The molecule has 0 saturated carbocycles. The van der Waals surface area contributed by atoms with Gasteiger partial charge < -0.3 is 10.1 Å². The molecule has 0 fully saturated rings. The number of hydrogen-bond acceptors (Lipinski definition) is 3. The summed E-state index contributed by atoms with van der Waals surface area (Å²) in [7, 11) is 0. The molecule has 0 bridgehead atoms. The van der Waals surface area contributed by atoms with Gasteiger partial charge in [0.15, 0.2) is 0 Å². The highest BCUT2D eigenvalue weighted by molar-refractivity contribution is 5.96. The average molecular weight is 278 g/mol. The fourth-order valence-electron chi connectivity index (χ4n) is 2.09. The van der Waals surface area contributed by atoms with Crippen LogP contribution in [0.2, 0.25) is 0 Å². The van der Waals surface area contributed by atoms with Gasteiger partial charge in [0.05, 0.1) is 6.61 Å². The van der Waals surface area contributed by atoms with Gasteiger partial charge in [0, 0.05) is 12.7 Å². The molecule has 20 heavy (non-hydrogen) atoms. The zero-order valence-corrected chi connectivity index (χ0v) is 12.8. The largest absolute Gasteiger partial charge is 0.477 e. The summed E-state index contributed by atoms with van der Waals surface area (Å²) in [5.41, 5.74) is 0.514. The Morgan fingerprint density at radius 1 is 1.40 bits per heavy atom. The molecule has 0 spiro atoms. The van der Waals surface area contributed by atoms with Gasteiger partial charge in [0.2, 0.25) is 5.88 Å². The third-order valence-electron chi connectivity index (χ3n) is 3.39. The molecule has 0 aliphatic heterocycles. The number of carbonyl (C=O) groups excluding carboxylic acids is 1. The number of aromatic nitrogens is 1. The fraction of sp³-hybridized carbons (Fsp3) is 0.625. The minimum atomic E-state index is -0.100. The Morgan fingerprint density at radius 3 is 2.85 bits per heavy atom. The molecule has 1 aromatic rings. The van der Waals surface area contributed by atoms with Crippen LogP contribution in [0.5, 0.6) is 5.88 Å². The number of rotatable bonds is 9. The fourth-order valence-corrected chi connectivity index (χ4v) is 2.09. The van der Waals surface area contributed by atoms with E-state index in [1.807, 2.05) is 6.92 Å². The van der Waals surface area contributed by atoms with E-state index in [1.165, 1.54) is 19.3 Å². The second-order valence-electron chi connectivity index (χ2n) is 4.92. The van der Waals surface area contributed by atoms with Crippen molar-refractivity contribution in [3.63, 3.8) is 0 Å². The Labute approximate surface area is 121 Å². The first kappa shape index (κ1) is 16.5. The summed E-state index contributed by atoms with van der Waals surface area (Å²) < 4.78 is 5.38. The predicted molar refractivity (Wildman–Crippen MR) is 81.0 cm³/mol. The number of ether oxygens (including phenoxy) is 1. The van der Waals surface area contributed by atoms with Crippen LogP contribution in [0, 0.1) is 5.92 Å². The smallest absolute Gasteiger partial charge is 0.256 e. The van der Waals surface area contributed by atoms with E-state index in [-0.39, 0.29) is 5.91 Å². The van der Waals surface area contributed by atoms with Crippen molar-refractivity contribution < 1.29 is 9.53 Å². The van der Waals surface area contributed by atoms with E-state index in [2.05, 4.69) is 24.1 Å². The van der Waals surface area contributed by atoms with E-state index in [4.69, 9.17) is 4.74 Å². The molecule has 0 saturated heterocycles. The van der Waals surface area contributed by atoms with Gasteiger partial charge >= 0.3 is 0 Å². The summed E-state index contributed by atoms with van der Waals surface area (Å²) in [4.78, 5) is 16.3. The van der Waals surface area contributed by atoms with Crippen molar-refractivity contribution in [1.82, 2.24) is 10.3 Å². The first-order valence-corrected chi connectivity index (χ1v) is 7.58. The van der Waals surface area contributed by atoms with Crippen molar-refractivity contribution >= 4 is 5.91 Å². The van der Waals surface area contributed by atoms with E-state index >= 15 is 0 Å². The number of hydrogen-bond donors (Lipinski definition) is 1. The lowest BCUT2D eigenvalue weighted by Crippen LogP contribution is -2.29. The molecule has 0 aliphatic carbocycles. The molecule has 1 unspecified atom stereocenters. The van der Waals surface area contributed by atoms with Crippen LogP contribution < -0.4 is 10.1 Å². The van der Waals surface area contributed by atoms with E-state index in [9.17, 15) is 4.79 Å². The van der Waals surface area contributed by atoms with Crippen LogP contribution in [0.25, 0.3) is 0 Å². The SMILES string of the molecule is CCCCC(CC)CNC(=O)c1cccnc1OCC. The molecule has 112 valence electrons. The lowest BCUT2D eigenvalue weighted by atomic mass is 9.99. The Kier molecular flexibility index (Phi) is 7.70. The maximum Gasteiger partial charge on any atom is 0.256 e.